The number of methoxy groups -OCH3 is 1. The first-order valence-corrected chi connectivity index (χ1v) is 11.8. The first kappa shape index (κ1) is 21.7. The molecule has 4 heterocycles. The van der Waals surface area contributed by atoms with Crippen molar-refractivity contribution in [3.05, 3.63) is 57.4 Å². The van der Waals surface area contributed by atoms with Gasteiger partial charge < -0.3 is 19.6 Å². The first-order valence-electron chi connectivity index (χ1n) is 11.8. The number of fused-ring (bicyclic) bond motifs is 2. The standard InChI is InChI=1S/C25H31N5O3/c1-15(2)29-12-10-16-20(14-29)27-23(28-24(16)31)21-8-4-5-11-30(21)25(32)19-13-17-18(26-19)7-6-9-22(17)33-3/h6-7,9,13,15,21,26H,4-5,8,10-12,14H2,1-3H3,(H,27,28,31). The van der Waals surface area contributed by atoms with Gasteiger partial charge in [0.15, 0.2) is 0 Å². The fourth-order valence-corrected chi connectivity index (χ4v) is 5.11. The molecular formula is C25H31N5O3. The summed E-state index contributed by atoms with van der Waals surface area (Å²) in [6.07, 6.45) is 3.42. The molecule has 2 aliphatic rings. The van der Waals surface area contributed by atoms with E-state index in [-0.39, 0.29) is 17.5 Å². The van der Waals surface area contributed by atoms with Gasteiger partial charge in [0, 0.05) is 42.1 Å². The average molecular weight is 450 g/mol. The fraction of sp³-hybridized carbons (Fsp3) is 0.480. The molecule has 3 aromatic rings. The van der Waals surface area contributed by atoms with Crippen LogP contribution < -0.4 is 10.3 Å². The summed E-state index contributed by atoms with van der Waals surface area (Å²) in [4.78, 5) is 41.9. The molecule has 2 aromatic heterocycles. The van der Waals surface area contributed by atoms with E-state index in [0.717, 1.165) is 53.7 Å². The summed E-state index contributed by atoms with van der Waals surface area (Å²) in [5, 5.41) is 0.881. The van der Waals surface area contributed by atoms with E-state index in [1.165, 1.54) is 0 Å². The third-order valence-corrected chi connectivity index (χ3v) is 7.01. The number of benzene rings is 1. The van der Waals surface area contributed by atoms with Crippen molar-refractivity contribution in [2.24, 2.45) is 0 Å². The highest BCUT2D eigenvalue weighted by molar-refractivity contribution is 5.99. The monoisotopic (exact) mass is 449 g/mol. The zero-order valence-electron chi connectivity index (χ0n) is 19.5. The molecular weight excluding hydrogens is 418 g/mol. The lowest BCUT2D eigenvalue weighted by Crippen LogP contribution is -2.42. The lowest BCUT2D eigenvalue weighted by Gasteiger charge is -2.36. The Kier molecular flexibility index (Phi) is 5.70. The highest BCUT2D eigenvalue weighted by Crippen LogP contribution is 2.32. The third kappa shape index (κ3) is 3.93. The van der Waals surface area contributed by atoms with Crippen LogP contribution in [0.3, 0.4) is 0 Å². The lowest BCUT2D eigenvalue weighted by atomic mass is 9.99. The smallest absolute Gasteiger partial charge is 0.270 e. The van der Waals surface area contributed by atoms with E-state index in [4.69, 9.17) is 9.72 Å². The van der Waals surface area contributed by atoms with E-state index in [9.17, 15) is 9.59 Å². The number of hydrogen-bond donors (Lipinski definition) is 2. The quantitative estimate of drug-likeness (QED) is 0.637. The van der Waals surface area contributed by atoms with Gasteiger partial charge >= 0.3 is 0 Å². The second-order valence-electron chi connectivity index (χ2n) is 9.31. The molecule has 0 spiro atoms. The van der Waals surface area contributed by atoms with Crippen molar-refractivity contribution in [3.8, 4) is 5.75 Å². The highest BCUT2D eigenvalue weighted by Gasteiger charge is 2.33. The second-order valence-corrected chi connectivity index (χ2v) is 9.31. The van der Waals surface area contributed by atoms with Gasteiger partial charge in [-0.15, -0.1) is 0 Å². The number of hydrogen-bond acceptors (Lipinski definition) is 5. The minimum atomic E-state index is -0.244. The van der Waals surface area contributed by atoms with Crippen molar-refractivity contribution in [2.75, 3.05) is 20.2 Å². The molecule has 2 N–H and O–H groups in total. The van der Waals surface area contributed by atoms with Crippen LogP contribution in [0.1, 0.15) is 66.7 Å². The third-order valence-electron chi connectivity index (χ3n) is 7.01. The number of carbonyl (C=O) groups excluding carboxylic acids is 1. The summed E-state index contributed by atoms with van der Waals surface area (Å²) in [7, 11) is 1.63. The molecule has 0 radical (unpaired) electrons. The van der Waals surface area contributed by atoms with E-state index in [2.05, 4.69) is 28.7 Å². The maximum Gasteiger partial charge on any atom is 0.270 e. The topological polar surface area (TPSA) is 94.3 Å². The zero-order valence-corrected chi connectivity index (χ0v) is 19.5. The molecule has 0 aliphatic carbocycles. The van der Waals surface area contributed by atoms with Gasteiger partial charge in [-0.3, -0.25) is 14.5 Å². The molecule has 33 heavy (non-hydrogen) atoms. The first-order chi connectivity index (χ1) is 16.0. The fourth-order valence-electron chi connectivity index (χ4n) is 5.11. The second kappa shape index (κ2) is 8.67. The molecule has 0 bridgehead atoms. The van der Waals surface area contributed by atoms with Crippen molar-refractivity contribution in [2.45, 2.75) is 58.2 Å². The molecule has 174 valence electrons. The number of piperidine rings is 1. The van der Waals surface area contributed by atoms with Crippen LogP contribution in [0.5, 0.6) is 5.75 Å². The van der Waals surface area contributed by atoms with Gasteiger partial charge in [-0.25, -0.2) is 4.98 Å². The van der Waals surface area contributed by atoms with Crippen LogP contribution >= 0.6 is 0 Å². The molecule has 1 saturated heterocycles. The number of nitrogens with one attached hydrogen (secondary N) is 2. The van der Waals surface area contributed by atoms with Gasteiger partial charge in [0.25, 0.3) is 11.5 Å². The summed E-state index contributed by atoms with van der Waals surface area (Å²) in [6, 6.07) is 7.73. The average Bonchev–Trinajstić information content (AvgIpc) is 3.27. The molecule has 2 aliphatic heterocycles. The van der Waals surface area contributed by atoms with E-state index < -0.39 is 0 Å². The molecule has 1 fully saturated rings. The van der Waals surface area contributed by atoms with Crippen LogP contribution in [0, 0.1) is 0 Å². The normalized spacial score (nSPS) is 19.2. The number of carbonyl (C=O) groups is 1. The molecule has 1 unspecified atom stereocenters. The zero-order chi connectivity index (χ0) is 23.1. The van der Waals surface area contributed by atoms with Gasteiger partial charge in [0.1, 0.15) is 17.3 Å². The maximum atomic E-state index is 13.6. The van der Waals surface area contributed by atoms with Crippen molar-refractivity contribution >= 4 is 16.8 Å². The van der Waals surface area contributed by atoms with Gasteiger partial charge in [0.2, 0.25) is 0 Å². The van der Waals surface area contributed by atoms with Crippen LogP contribution in [0.2, 0.25) is 0 Å². The summed E-state index contributed by atoms with van der Waals surface area (Å²) in [6.45, 7) is 6.50. The Morgan fingerprint density at radius 1 is 1.21 bits per heavy atom. The summed E-state index contributed by atoms with van der Waals surface area (Å²) in [5.41, 5.74) is 2.95. The number of amides is 1. The Bertz CT molecular complexity index is 1240. The Labute approximate surface area is 193 Å². The number of ether oxygens (including phenoxy) is 1. The van der Waals surface area contributed by atoms with Crippen LogP contribution in [0.4, 0.5) is 0 Å². The number of rotatable bonds is 4. The summed E-state index contributed by atoms with van der Waals surface area (Å²) < 4.78 is 5.45. The minimum absolute atomic E-state index is 0.0632. The SMILES string of the molecule is COc1cccc2[nH]c(C(=O)N3CCCCC3c3nc4c(c(=O)[nH]3)CCN(C(C)C)C4)cc12. The predicted octanol–water partition coefficient (Wildman–Crippen LogP) is 3.39. The minimum Gasteiger partial charge on any atom is -0.496 e. The molecule has 5 rings (SSSR count). The van der Waals surface area contributed by atoms with Gasteiger partial charge in [-0.1, -0.05) is 6.07 Å². The molecule has 1 aromatic carbocycles. The van der Waals surface area contributed by atoms with Crippen molar-refractivity contribution in [1.82, 2.24) is 24.8 Å². The van der Waals surface area contributed by atoms with E-state index >= 15 is 0 Å². The largest absolute Gasteiger partial charge is 0.496 e. The molecule has 1 atom stereocenters. The molecule has 0 saturated carbocycles. The number of aromatic nitrogens is 3. The molecule has 1 amide bonds. The van der Waals surface area contributed by atoms with Crippen molar-refractivity contribution in [1.29, 1.82) is 0 Å². The Hall–Kier alpha value is -3.13. The number of H-pyrrole nitrogens is 2. The van der Waals surface area contributed by atoms with E-state index in [1.807, 2.05) is 29.2 Å². The lowest BCUT2D eigenvalue weighted by molar-refractivity contribution is 0.0593. The van der Waals surface area contributed by atoms with Gasteiger partial charge in [-0.2, -0.15) is 0 Å². The number of aromatic amines is 2. The number of nitrogens with zero attached hydrogens (tertiary/aromatic N) is 3. The van der Waals surface area contributed by atoms with E-state index in [0.29, 0.717) is 37.1 Å². The Morgan fingerprint density at radius 2 is 2.06 bits per heavy atom. The Balaban J connectivity index is 1.48. The predicted molar refractivity (Wildman–Crippen MR) is 127 cm³/mol. The van der Waals surface area contributed by atoms with Crippen LogP contribution in [-0.2, 0) is 13.0 Å². The van der Waals surface area contributed by atoms with Crippen LogP contribution in [0.25, 0.3) is 10.9 Å². The van der Waals surface area contributed by atoms with Crippen molar-refractivity contribution in [3.63, 3.8) is 0 Å². The van der Waals surface area contributed by atoms with Crippen LogP contribution in [-0.4, -0.2) is 56.9 Å². The maximum absolute atomic E-state index is 13.6. The number of likely N-dealkylation sites (tertiary alicyclic amines) is 1. The molecule has 8 heteroatoms. The van der Waals surface area contributed by atoms with Crippen LogP contribution in [0.15, 0.2) is 29.1 Å². The molecule has 8 nitrogen and oxygen atoms in total. The summed E-state index contributed by atoms with van der Waals surface area (Å²) in [5.74, 6) is 1.25. The van der Waals surface area contributed by atoms with Crippen molar-refractivity contribution < 1.29 is 9.53 Å². The Morgan fingerprint density at radius 3 is 2.85 bits per heavy atom. The van der Waals surface area contributed by atoms with Gasteiger partial charge in [0.05, 0.1) is 18.8 Å². The highest BCUT2D eigenvalue weighted by atomic mass is 16.5. The van der Waals surface area contributed by atoms with Gasteiger partial charge in [-0.05, 0) is 57.7 Å². The van der Waals surface area contributed by atoms with E-state index in [1.54, 1.807) is 7.11 Å². The summed E-state index contributed by atoms with van der Waals surface area (Å²) >= 11 is 0.